The molecule has 2 aromatic carbocycles. The van der Waals surface area contributed by atoms with E-state index in [1.165, 1.54) is 23.8 Å². The van der Waals surface area contributed by atoms with E-state index in [-0.39, 0.29) is 17.8 Å². The number of alkyl halides is 1. The van der Waals surface area contributed by atoms with Crippen molar-refractivity contribution in [3.05, 3.63) is 64.1 Å². The van der Waals surface area contributed by atoms with E-state index in [1.54, 1.807) is 49.4 Å². The normalized spacial score (nSPS) is 17.8. The largest absolute Gasteiger partial charge is 0.493 e. The molecule has 0 saturated carbocycles. The lowest BCUT2D eigenvalue weighted by Crippen LogP contribution is -2.63. The molecule has 2 amide bonds. The Hall–Kier alpha value is -3.59. The highest BCUT2D eigenvalue weighted by atomic mass is 35.5. The van der Waals surface area contributed by atoms with E-state index in [9.17, 15) is 14.4 Å². The number of aryl methyl sites for hydroxylation is 1. The molecule has 1 saturated heterocycles. The average molecular weight is 457 g/mol. The van der Waals surface area contributed by atoms with Crippen molar-refractivity contribution in [2.75, 3.05) is 14.2 Å². The van der Waals surface area contributed by atoms with Crippen LogP contribution in [-0.4, -0.2) is 46.0 Å². The molecule has 1 aromatic heterocycles. The maximum atomic E-state index is 12.8. The predicted molar refractivity (Wildman–Crippen MR) is 118 cm³/mol. The Morgan fingerprint density at radius 1 is 1.12 bits per heavy atom. The number of halogens is 1. The number of carbonyl (C=O) groups excluding carboxylic acids is 2. The van der Waals surface area contributed by atoms with Gasteiger partial charge in [0.1, 0.15) is 23.7 Å². The summed E-state index contributed by atoms with van der Waals surface area (Å²) in [5.74, 6) is 0.0286. The van der Waals surface area contributed by atoms with E-state index < -0.39 is 23.2 Å². The smallest absolute Gasteiger partial charge is 0.272 e. The molecule has 2 atom stereocenters. The maximum Gasteiger partial charge on any atom is 0.272 e. The summed E-state index contributed by atoms with van der Waals surface area (Å²) in [6, 6.07) is 11.6. The van der Waals surface area contributed by atoms with Crippen molar-refractivity contribution in [3.8, 4) is 11.5 Å². The van der Waals surface area contributed by atoms with Crippen molar-refractivity contribution in [3.63, 3.8) is 0 Å². The van der Waals surface area contributed by atoms with Crippen molar-refractivity contribution in [2.24, 2.45) is 0 Å². The summed E-state index contributed by atoms with van der Waals surface area (Å²) < 4.78 is 11.9. The van der Waals surface area contributed by atoms with Crippen LogP contribution in [0.15, 0.2) is 47.3 Å². The number of nitrogens with zero attached hydrogens (tertiary/aromatic N) is 3. The quantitative estimate of drug-likeness (QED) is 0.449. The minimum atomic E-state index is -0.847. The lowest BCUT2D eigenvalue weighted by molar-refractivity contribution is -0.156. The van der Waals surface area contributed by atoms with Gasteiger partial charge in [-0.05, 0) is 36.8 Å². The van der Waals surface area contributed by atoms with Gasteiger partial charge in [-0.1, -0.05) is 18.2 Å². The van der Waals surface area contributed by atoms with Crippen molar-refractivity contribution in [2.45, 2.75) is 24.9 Å². The Bertz CT molecular complexity index is 1270. The zero-order valence-corrected chi connectivity index (χ0v) is 18.4. The molecule has 3 aromatic rings. The van der Waals surface area contributed by atoms with E-state index >= 15 is 0 Å². The predicted octanol–water partition coefficient (Wildman–Crippen LogP) is 1.94. The molecule has 1 N–H and O–H groups in total. The lowest BCUT2D eigenvalue weighted by Gasteiger charge is -2.44. The number of amides is 2. The van der Waals surface area contributed by atoms with Crippen molar-refractivity contribution >= 4 is 34.4 Å². The molecule has 10 heteroatoms. The van der Waals surface area contributed by atoms with Crippen LogP contribution in [0.3, 0.4) is 0 Å². The summed E-state index contributed by atoms with van der Waals surface area (Å²) in [6.07, 6.45) is 0. The van der Waals surface area contributed by atoms with Crippen LogP contribution in [0, 0.1) is 6.92 Å². The van der Waals surface area contributed by atoms with Gasteiger partial charge in [0, 0.05) is 0 Å². The van der Waals surface area contributed by atoms with Gasteiger partial charge in [0.15, 0.2) is 11.5 Å². The molecule has 166 valence electrons. The summed E-state index contributed by atoms with van der Waals surface area (Å²) in [5, 5.41) is 0.322. The van der Waals surface area contributed by atoms with Gasteiger partial charge in [0.05, 0.1) is 25.3 Å². The van der Waals surface area contributed by atoms with Crippen LogP contribution in [0.5, 0.6) is 11.5 Å². The Labute approximate surface area is 188 Å². The second-order valence-corrected chi connectivity index (χ2v) is 7.75. The van der Waals surface area contributed by atoms with Crippen molar-refractivity contribution in [1.29, 1.82) is 0 Å². The molecule has 4 rings (SSSR count). The third-order valence-corrected chi connectivity index (χ3v) is 5.77. The number of hydrazine groups is 1. The topological polar surface area (TPSA) is 103 Å². The molecule has 0 spiro atoms. The first-order valence-electron chi connectivity index (χ1n) is 9.80. The van der Waals surface area contributed by atoms with Crippen LogP contribution < -0.4 is 20.5 Å². The molecule has 0 radical (unpaired) electrons. The second-order valence-electron chi connectivity index (χ2n) is 7.28. The summed E-state index contributed by atoms with van der Waals surface area (Å²) in [5.41, 5.74) is 4.28. The van der Waals surface area contributed by atoms with Gasteiger partial charge in [0.25, 0.3) is 17.4 Å². The zero-order valence-electron chi connectivity index (χ0n) is 17.7. The molecule has 0 aliphatic carbocycles. The van der Waals surface area contributed by atoms with Gasteiger partial charge >= 0.3 is 0 Å². The number of benzene rings is 2. The Balaban J connectivity index is 1.58. The number of β-lactam (4-membered cyclic amide) rings is 1. The highest BCUT2D eigenvalue weighted by molar-refractivity contribution is 6.33. The van der Waals surface area contributed by atoms with Gasteiger partial charge in [-0.3, -0.25) is 24.4 Å². The molecule has 1 fully saturated rings. The fraction of sp³-hybridized carbons (Fsp3) is 0.273. The van der Waals surface area contributed by atoms with Crippen LogP contribution in [-0.2, 0) is 16.1 Å². The van der Waals surface area contributed by atoms with Gasteiger partial charge < -0.3 is 9.47 Å². The lowest BCUT2D eigenvalue weighted by atomic mass is 9.95. The number of methoxy groups -OCH3 is 2. The first kappa shape index (κ1) is 21.6. The zero-order chi connectivity index (χ0) is 23.0. The number of hydrogen-bond acceptors (Lipinski definition) is 6. The molecule has 2 unspecified atom stereocenters. The summed E-state index contributed by atoms with van der Waals surface area (Å²) >= 11 is 6.25. The van der Waals surface area contributed by atoms with Gasteiger partial charge in [-0.25, -0.2) is 9.99 Å². The van der Waals surface area contributed by atoms with Crippen LogP contribution >= 0.6 is 11.6 Å². The molecule has 2 heterocycles. The summed E-state index contributed by atoms with van der Waals surface area (Å²) in [6.45, 7) is 1.31. The molecular weight excluding hydrogens is 436 g/mol. The monoisotopic (exact) mass is 456 g/mol. The standard InChI is InChI=1S/C22H21ClN4O5/c1-12-21(29)26(15-7-5-4-6-14(15)24-12)11-18(28)25-27-20(19(23)22(27)30)13-8-9-16(31-2)17(10-13)32-3/h4-10,19-20H,11H2,1-3H3,(H,25,28). The third kappa shape index (κ3) is 3.64. The number of carbonyl (C=O) groups is 2. The molecule has 9 nitrogen and oxygen atoms in total. The highest BCUT2D eigenvalue weighted by Gasteiger charge is 2.48. The fourth-order valence-corrected chi connectivity index (χ4v) is 4.09. The molecule has 0 bridgehead atoms. The highest BCUT2D eigenvalue weighted by Crippen LogP contribution is 2.40. The number of ether oxygens (including phenoxy) is 2. The van der Waals surface area contributed by atoms with E-state index in [4.69, 9.17) is 21.1 Å². The van der Waals surface area contributed by atoms with Gasteiger partial charge in [0.2, 0.25) is 0 Å². The van der Waals surface area contributed by atoms with E-state index in [0.717, 1.165) is 0 Å². The Morgan fingerprint density at radius 2 is 1.84 bits per heavy atom. The van der Waals surface area contributed by atoms with E-state index in [2.05, 4.69) is 10.4 Å². The minimum absolute atomic E-state index is 0.278. The molecular formula is C22H21ClN4O5. The first-order chi connectivity index (χ1) is 15.3. The minimum Gasteiger partial charge on any atom is -0.493 e. The number of nitrogens with one attached hydrogen (secondary N) is 1. The number of para-hydroxylation sites is 2. The molecule has 1 aliphatic rings. The first-order valence-corrected chi connectivity index (χ1v) is 10.2. The van der Waals surface area contributed by atoms with Crippen molar-refractivity contribution in [1.82, 2.24) is 20.0 Å². The number of fused-ring (bicyclic) bond motifs is 1. The number of aromatic nitrogens is 2. The van der Waals surface area contributed by atoms with Crippen LogP contribution in [0.1, 0.15) is 17.3 Å². The SMILES string of the molecule is COc1ccc(C2C(Cl)C(=O)N2NC(=O)Cn2c(=O)c(C)nc3ccccc32)cc1OC. The van der Waals surface area contributed by atoms with Gasteiger partial charge in [-0.15, -0.1) is 11.6 Å². The third-order valence-electron chi connectivity index (χ3n) is 5.34. The van der Waals surface area contributed by atoms with Crippen LogP contribution in [0.25, 0.3) is 11.0 Å². The fourth-order valence-electron chi connectivity index (χ4n) is 3.72. The molecule has 1 aliphatic heterocycles. The molecule has 32 heavy (non-hydrogen) atoms. The maximum absolute atomic E-state index is 12.8. The average Bonchev–Trinajstić information content (AvgIpc) is 2.81. The van der Waals surface area contributed by atoms with Crippen LogP contribution in [0.2, 0.25) is 0 Å². The summed E-state index contributed by atoms with van der Waals surface area (Å²) in [7, 11) is 3.03. The van der Waals surface area contributed by atoms with Crippen LogP contribution in [0.4, 0.5) is 0 Å². The van der Waals surface area contributed by atoms with Gasteiger partial charge in [-0.2, -0.15) is 0 Å². The summed E-state index contributed by atoms with van der Waals surface area (Å²) in [4.78, 5) is 42.1. The second kappa shape index (κ2) is 8.51. The van der Waals surface area contributed by atoms with E-state index in [1.807, 2.05) is 0 Å². The Kier molecular flexibility index (Phi) is 5.75. The number of rotatable bonds is 6. The number of hydrogen-bond donors (Lipinski definition) is 1. The van der Waals surface area contributed by atoms with E-state index in [0.29, 0.717) is 28.1 Å². The Morgan fingerprint density at radius 3 is 2.56 bits per heavy atom. The van der Waals surface area contributed by atoms with Crippen molar-refractivity contribution < 1.29 is 19.1 Å².